The van der Waals surface area contributed by atoms with Gasteiger partial charge in [0.15, 0.2) is 11.4 Å². The summed E-state index contributed by atoms with van der Waals surface area (Å²) < 4.78 is 5.09. The number of thiazole rings is 1. The third kappa shape index (κ3) is 2.06. The van der Waals surface area contributed by atoms with Crippen molar-refractivity contribution in [2.75, 3.05) is 25.1 Å². The smallest absolute Gasteiger partial charge is 0.186 e. The van der Waals surface area contributed by atoms with Gasteiger partial charge in [-0.15, -0.1) is 0 Å². The van der Waals surface area contributed by atoms with Crippen LogP contribution >= 0.6 is 11.3 Å². The number of fused-ring (bicyclic) bond motifs is 1. The van der Waals surface area contributed by atoms with Crippen LogP contribution in [-0.2, 0) is 11.3 Å². The molecule has 1 aliphatic heterocycles. The number of carbonyl (C=O) groups excluding carboxylic acids is 1. The van der Waals surface area contributed by atoms with E-state index in [1.165, 1.54) is 30.6 Å². The van der Waals surface area contributed by atoms with Gasteiger partial charge in [0.25, 0.3) is 0 Å². The molecule has 1 aromatic heterocycles. The third-order valence-electron chi connectivity index (χ3n) is 4.10. The minimum absolute atomic E-state index is 0.422. The van der Waals surface area contributed by atoms with Gasteiger partial charge in [-0.2, -0.15) is 0 Å². The van der Waals surface area contributed by atoms with Crippen molar-refractivity contribution in [3.05, 3.63) is 10.6 Å². The predicted molar refractivity (Wildman–Crippen MR) is 71.3 cm³/mol. The molecule has 2 aliphatic rings. The summed E-state index contributed by atoms with van der Waals surface area (Å²) in [6.07, 6.45) is 5.00. The molecule has 0 aromatic carbocycles. The van der Waals surface area contributed by atoms with Gasteiger partial charge in [-0.25, -0.2) is 4.98 Å². The molecule has 1 saturated carbocycles. The molecule has 2 fully saturated rings. The van der Waals surface area contributed by atoms with Crippen LogP contribution in [-0.4, -0.2) is 31.5 Å². The molecule has 4 nitrogen and oxygen atoms in total. The summed E-state index contributed by atoms with van der Waals surface area (Å²) in [5, 5.41) is 0.999. The molecule has 1 aromatic rings. The Bertz CT molecular complexity index is 434. The Morgan fingerprint density at radius 2 is 2.17 bits per heavy atom. The number of nitrogens with zero attached hydrogens (tertiary/aromatic N) is 2. The van der Waals surface area contributed by atoms with Crippen molar-refractivity contribution in [1.29, 1.82) is 0 Å². The monoisotopic (exact) mass is 266 g/mol. The van der Waals surface area contributed by atoms with E-state index >= 15 is 0 Å². The van der Waals surface area contributed by atoms with E-state index in [9.17, 15) is 4.79 Å². The maximum atomic E-state index is 11.0. The van der Waals surface area contributed by atoms with Gasteiger partial charge in [0.2, 0.25) is 0 Å². The van der Waals surface area contributed by atoms with E-state index in [2.05, 4.69) is 9.88 Å². The van der Waals surface area contributed by atoms with E-state index in [0.29, 0.717) is 11.5 Å². The van der Waals surface area contributed by atoms with Gasteiger partial charge >= 0.3 is 0 Å². The Balaban J connectivity index is 1.78. The molecule has 0 amide bonds. The fourth-order valence-electron chi connectivity index (χ4n) is 3.21. The molecule has 2 heterocycles. The number of anilines is 1. The van der Waals surface area contributed by atoms with Gasteiger partial charge in [-0.1, -0.05) is 17.8 Å². The van der Waals surface area contributed by atoms with Crippen LogP contribution in [0.3, 0.4) is 0 Å². The van der Waals surface area contributed by atoms with Crippen LogP contribution in [0.2, 0.25) is 0 Å². The van der Waals surface area contributed by atoms with Gasteiger partial charge in [0.05, 0.1) is 17.2 Å². The maximum absolute atomic E-state index is 11.0. The third-order valence-corrected chi connectivity index (χ3v) is 5.18. The Labute approximate surface area is 111 Å². The zero-order chi connectivity index (χ0) is 12.5. The fraction of sp³-hybridized carbons (Fsp3) is 0.692. The molecule has 5 heteroatoms. The van der Waals surface area contributed by atoms with Crippen LogP contribution < -0.4 is 4.90 Å². The van der Waals surface area contributed by atoms with Crippen molar-refractivity contribution < 1.29 is 9.53 Å². The van der Waals surface area contributed by atoms with Crippen LogP contribution in [0, 0.1) is 11.8 Å². The average Bonchev–Trinajstić information content (AvgIpc) is 3.00. The second-order valence-corrected chi connectivity index (χ2v) is 6.22. The van der Waals surface area contributed by atoms with Crippen LogP contribution in [0.4, 0.5) is 5.13 Å². The van der Waals surface area contributed by atoms with E-state index < -0.39 is 0 Å². The first-order valence-corrected chi connectivity index (χ1v) is 7.32. The zero-order valence-corrected chi connectivity index (χ0v) is 11.4. The van der Waals surface area contributed by atoms with Crippen molar-refractivity contribution in [2.45, 2.75) is 25.9 Å². The molecule has 1 aliphatic carbocycles. The lowest BCUT2D eigenvalue weighted by molar-refractivity contribution is 0.112. The molecule has 18 heavy (non-hydrogen) atoms. The molecule has 3 rings (SSSR count). The highest BCUT2D eigenvalue weighted by atomic mass is 32.1. The molecule has 0 bridgehead atoms. The summed E-state index contributed by atoms with van der Waals surface area (Å²) in [7, 11) is 1.63. The minimum atomic E-state index is 0.422. The Kier molecular flexibility index (Phi) is 3.35. The van der Waals surface area contributed by atoms with Gasteiger partial charge in [0.1, 0.15) is 0 Å². The zero-order valence-electron chi connectivity index (χ0n) is 10.6. The van der Waals surface area contributed by atoms with E-state index in [0.717, 1.165) is 42.0 Å². The van der Waals surface area contributed by atoms with Crippen molar-refractivity contribution in [2.24, 2.45) is 11.8 Å². The molecule has 1 saturated heterocycles. The lowest BCUT2D eigenvalue weighted by Crippen LogP contribution is -2.20. The summed E-state index contributed by atoms with van der Waals surface area (Å²) in [4.78, 5) is 18.7. The highest BCUT2D eigenvalue weighted by Gasteiger charge is 2.37. The average molecular weight is 266 g/mol. The number of hydrogen-bond donors (Lipinski definition) is 0. The lowest BCUT2D eigenvalue weighted by atomic mass is 10.0. The van der Waals surface area contributed by atoms with Crippen LogP contribution in [0.25, 0.3) is 0 Å². The van der Waals surface area contributed by atoms with Gasteiger partial charge in [-0.3, -0.25) is 4.79 Å². The number of ether oxygens (including phenoxy) is 1. The molecule has 98 valence electrons. The summed E-state index contributed by atoms with van der Waals surface area (Å²) in [5.41, 5.74) is 0.782. The molecule has 2 unspecified atom stereocenters. The molecular formula is C13H18N2O2S. The van der Waals surface area contributed by atoms with Crippen LogP contribution in [0.5, 0.6) is 0 Å². The first-order valence-electron chi connectivity index (χ1n) is 6.50. The molecule has 2 atom stereocenters. The van der Waals surface area contributed by atoms with Gasteiger partial charge in [-0.05, 0) is 24.7 Å². The SMILES string of the molecule is COCc1nc(N2CC3CCCC3C2)sc1C=O. The van der Waals surface area contributed by atoms with E-state index in [4.69, 9.17) is 4.74 Å². The maximum Gasteiger partial charge on any atom is 0.186 e. The molecule has 0 N–H and O–H groups in total. The number of carbonyl (C=O) groups is 1. The van der Waals surface area contributed by atoms with Crippen LogP contribution in [0.15, 0.2) is 0 Å². The van der Waals surface area contributed by atoms with E-state index in [1.807, 2.05) is 0 Å². The quantitative estimate of drug-likeness (QED) is 0.785. The van der Waals surface area contributed by atoms with E-state index in [-0.39, 0.29) is 0 Å². The number of methoxy groups -OCH3 is 1. The van der Waals surface area contributed by atoms with Crippen molar-refractivity contribution >= 4 is 22.8 Å². The Hall–Kier alpha value is -0.940. The Morgan fingerprint density at radius 1 is 1.44 bits per heavy atom. The molecular weight excluding hydrogens is 248 g/mol. The minimum Gasteiger partial charge on any atom is -0.378 e. The fourth-order valence-corrected chi connectivity index (χ4v) is 4.11. The standard InChI is InChI=1S/C13H18N2O2S/c1-17-8-11-12(7-16)18-13(14-11)15-5-9-3-2-4-10(9)6-15/h7,9-10H,2-6,8H2,1H3. The highest BCUT2D eigenvalue weighted by molar-refractivity contribution is 7.17. The molecule has 0 radical (unpaired) electrons. The summed E-state index contributed by atoms with van der Waals surface area (Å²) >= 11 is 1.50. The second kappa shape index (κ2) is 4.97. The van der Waals surface area contributed by atoms with Crippen molar-refractivity contribution in [3.63, 3.8) is 0 Å². The second-order valence-electron chi connectivity index (χ2n) is 5.21. The van der Waals surface area contributed by atoms with Gasteiger partial charge < -0.3 is 9.64 Å². The van der Waals surface area contributed by atoms with Crippen LogP contribution in [0.1, 0.15) is 34.6 Å². The Morgan fingerprint density at radius 3 is 2.78 bits per heavy atom. The predicted octanol–water partition coefficient (Wildman–Crippen LogP) is 2.34. The highest BCUT2D eigenvalue weighted by Crippen LogP contribution is 2.40. The summed E-state index contributed by atoms with van der Waals surface area (Å²) in [6, 6.07) is 0. The van der Waals surface area contributed by atoms with Crippen molar-refractivity contribution in [1.82, 2.24) is 4.98 Å². The first-order chi connectivity index (χ1) is 8.81. The van der Waals surface area contributed by atoms with Crippen molar-refractivity contribution in [3.8, 4) is 0 Å². The summed E-state index contributed by atoms with van der Waals surface area (Å²) in [6.45, 7) is 2.65. The first kappa shape index (κ1) is 12.1. The topological polar surface area (TPSA) is 42.4 Å². The largest absolute Gasteiger partial charge is 0.378 e. The number of hydrogen-bond acceptors (Lipinski definition) is 5. The number of aromatic nitrogens is 1. The summed E-state index contributed by atoms with van der Waals surface area (Å²) in [5.74, 6) is 1.69. The number of aldehydes is 1. The normalized spacial score (nSPS) is 26.6. The lowest BCUT2D eigenvalue weighted by Gasteiger charge is -2.15. The number of rotatable bonds is 4. The van der Waals surface area contributed by atoms with E-state index in [1.54, 1.807) is 7.11 Å². The molecule has 0 spiro atoms. The van der Waals surface area contributed by atoms with Gasteiger partial charge in [0, 0.05) is 20.2 Å².